The van der Waals surface area contributed by atoms with Gasteiger partial charge in [-0.25, -0.2) is 0 Å². The fourth-order valence-corrected chi connectivity index (χ4v) is 2.63. The predicted octanol–water partition coefficient (Wildman–Crippen LogP) is 2.88. The van der Waals surface area contributed by atoms with Crippen molar-refractivity contribution in [2.75, 3.05) is 19.6 Å². The molecule has 1 heterocycles. The van der Waals surface area contributed by atoms with Crippen LogP contribution in [0.1, 0.15) is 36.5 Å². The molecule has 0 spiro atoms. The molecule has 1 aromatic rings. The summed E-state index contributed by atoms with van der Waals surface area (Å²) in [5.41, 5.74) is 4.20. The van der Waals surface area contributed by atoms with Gasteiger partial charge in [0.05, 0.1) is 0 Å². The van der Waals surface area contributed by atoms with E-state index in [-0.39, 0.29) is 0 Å². The number of benzene rings is 1. The molecule has 0 bridgehead atoms. The lowest BCUT2D eigenvalue weighted by molar-refractivity contribution is 0.206. The molecule has 0 radical (unpaired) electrons. The number of aryl methyl sites for hydroxylation is 2. The molecule has 18 heavy (non-hydrogen) atoms. The first-order valence-electron chi connectivity index (χ1n) is 7.21. The fraction of sp³-hybridized carbons (Fsp3) is 0.625. The van der Waals surface area contributed by atoms with Gasteiger partial charge >= 0.3 is 0 Å². The van der Waals surface area contributed by atoms with Crippen molar-refractivity contribution in [1.29, 1.82) is 0 Å². The van der Waals surface area contributed by atoms with Crippen LogP contribution in [0, 0.1) is 13.8 Å². The standard InChI is InChI=1S/C16H26N2/c1-4-18-9-7-16(8-10-18)17-12-15-6-5-13(2)14(3)11-15/h5-6,11,16-17H,4,7-10,12H2,1-3H3. The van der Waals surface area contributed by atoms with E-state index in [2.05, 4.69) is 49.2 Å². The van der Waals surface area contributed by atoms with Crippen LogP contribution in [0.5, 0.6) is 0 Å². The van der Waals surface area contributed by atoms with Gasteiger partial charge in [-0.2, -0.15) is 0 Å². The lowest BCUT2D eigenvalue weighted by Crippen LogP contribution is -2.42. The van der Waals surface area contributed by atoms with E-state index in [9.17, 15) is 0 Å². The Bertz CT molecular complexity index is 379. The predicted molar refractivity (Wildman–Crippen MR) is 77.9 cm³/mol. The molecule has 1 aliphatic rings. The Morgan fingerprint density at radius 3 is 2.50 bits per heavy atom. The highest BCUT2D eigenvalue weighted by Gasteiger charge is 2.17. The maximum Gasteiger partial charge on any atom is 0.0208 e. The topological polar surface area (TPSA) is 15.3 Å². The third kappa shape index (κ3) is 3.56. The lowest BCUT2D eigenvalue weighted by atomic mass is 10.0. The van der Waals surface area contributed by atoms with Gasteiger partial charge in [0.1, 0.15) is 0 Å². The third-order valence-corrected chi connectivity index (χ3v) is 4.20. The summed E-state index contributed by atoms with van der Waals surface area (Å²) in [6.45, 7) is 11.3. The first kappa shape index (κ1) is 13.6. The zero-order valence-electron chi connectivity index (χ0n) is 12.0. The van der Waals surface area contributed by atoms with E-state index in [0.29, 0.717) is 6.04 Å². The Morgan fingerprint density at radius 2 is 1.89 bits per heavy atom. The van der Waals surface area contributed by atoms with Gasteiger partial charge in [-0.3, -0.25) is 0 Å². The zero-order chi connectivity index (χ0) is 13.0. The molecule has 1 aliphatic heterocycles. The van der Waals surface area contributed by atoms with E-state index in [1.54, 1.807) is 0 Å². The van der Waals surface area contributed by atoms with E-state index in [0.717, 1.165) is 6.54 Å². The average Bonchev–Trinajstić information content (AvgIpc) is 2.41. The van der Waals surface area contributed by atoms with Crippen molar-refractivity contribution in [3.63, 3.8) is 0 Å². The maximum absolute atomic E-state index is 3.70. The highest BCUT2D eigenvalue weighted by atomic mass is 15.1. The van der Waals surface area contributed by atoms with Crippen molar-refractivity contribution >= 4 is 0 Å². The van der Waals surface area contributed by atoms with Gasteiger partial charge in [0, 0.05) is 12.6 Å². The van der Waals surface area contributed by atoms with Crippen molar-refractivity contribution in [2.24, 2.45) is 0 Å². The van der Waals surface area contributed by atoms with Crippen molar-refractivity contribution in [3.05, 3.63) is 34.9 Å². The van der Waals surface area contributed by atoms with E-state index in [1.807, 2.05) is 0 Å². The van der Waals surface area contributed by atoms with Crippen LogP contribution in [0.3, 0.4) is 0 Å². The molecule has 100 valence electrons. The minimum atomic E-state index is 0.703. The van der Waals surface area contributed by atoms with Gasteiger partial charge in [-0.1, -0.05) is 25.1 Å². The number of rotatable bonds is 4. The molecular formula is C16H26N2. The second-order valence-corrected chi connectivity index (χ2v) is 5.51. The summed E-state index contributed by atoms with van der Waals surface area (Å²) in [7, 11) is 0. The lowest BCUT2D eigenvalue weighted by Gasteiger charge is -2.31. The van der Waals surface area contributed by atoms with Gasteiger partial charge in [0.15, 0.2) is 0 Å². The number of hydrogen-bond donors (Lipinski definition) is 1. The Kier molecular flexibility index (Phi) is 4.79. The molecule has 1 fully saturated rings. The summed E-state index contributed by atoms with van der Waals surface area (Å²) in [5.74, 6) is 0. The highest BCUT2D eigenvalue weighted by Crippen LogP contribution is 2.13. The van der Waals surface area contributed by atoms with Gasteiger partial charge in [-0.15, -0.1) is 0 Å². The van der Waals surface area contributed by atoms with Crippen molar-refractivity contribution < 1.29 is 0 Å². The van der Waals surface area contributed by atoms with Gasteiger partial charge < -0.3 is 10.2 Å². The largest absolute Gasteiger partial charge is 0.310 e. The molecule has 0 unspecified atom stereocenters. The van der Waals surface area contributed by atoms with Crippen molar-refractivity contribution in [2.45, 2.75) is 46.2 Å². The first-order valence-corrected chi connectivity index (χ1v) is 7.21. The van der Waals surface area contributed by atoms with Crippen LogP contribution in [0.15, 0.2) is 18.2 Å². The number of nitrogens with one attached hydrogen (secondary N) is 1. The summed E-state index contributed by atoms with van der Waals surface area (Å²) in [5, 5.41) is 3.70. The molecule has 0 aliphatic carbocycles. The SMILES string of the molecule is CCN1CCC(NCc2ccc(C)c(C)c2)CC1. The van der Waals surface area contributed by atoms with Gasteiger partial charge in [0.2, 0.25) is 0 Å². The van der Waals surface area contributed by atoms with Crippen molar-refractivity contribution in [3.8, 4) is 0 Å². The van der Waals surface area contributed by atoms with Crippen LogP contribution in [0.25, 0.3) is 0 Å². The molecule has 0 atom stereocenters. The van der Waals surface area contributed by atoms with Gasteiger partial charge in [-0.05, 0) is 63.0 Å². The Balaban J connectivity index is 1.79. The van der Waals surface area contributed by atoms with E-state index in [1.165, 1.54) is 49.2 Å². The normalized spacial score (nSPS) is 18.2. The molecule has 0 amide bonds. The van der Waals surface area contributed by atoms with E-state index >= 15 is 0 Å². The monoisotopic (exact) mass is 246 g/mol. The third-order valence-electron chi connectivity index (χ3n) is 4.20. The summed E-state index contributed by atoms with van der Waals surface area (Å²) >= 11 is 0. The fourth-order valence-electron chi connectivity index (χ4n) is 2.63. The second kappa shape index (κ2) is 6.35. The molecule has 2 nitrogen and oxygen atoms in total. The number of likely N-dealkylation sites (tertiary alicyclic amines) is 1. The molecule has 0 saturated carbocycles. The highest BCUT2D eigenvalue weighted by molar-refractivity contribution is 5.29. The minimum absolute atomic E-state index is 0.703. The summed E-state index contributed by atoms with van der Waals surface area (Å²) in [4.78, 5) is 2.54. The summed E-state index contributed by atoms with van der Waals surface area (Å²) < 4.78 is 0. The molecule has 1 saturated heterocycles. The molecule has 1 N–H and O–H groups in total. The zero-order valence-corrected chi connectivity index (χ0v) is 12.0. The molecule has 0 aromatic heterocycles. The quantitative estimate of drug-likeness (QED) is 0.879. The second-order valence-electron chi connectivity index (χ2n) is 5.51. The van der Waals surface area contributed by atoms with Crippen molar-refractivity contribution in [1.82, 2.24) is 10.2 Å². The van der Waals surface area contributed by atoms with E-state index < -0.39 is 0 Å². The maximum atomic E-state index is 3.70. The summed E-state index contributed by atoms with van der Waals surface area (Å²) in [6, 6.07) is 7.49. The minimum Gasteiger partial charge on any atom is -0.310 e. The van der Waals surface area contributed by atoms with Crippen LogP contribution in [0.2, 0.25) is 0 Å². The molecule has 2 heteroatoms. The number of hydrogen-bond acceptors (Lipinski definition) is 2. The Hall–Kier alpha value is -0.860. The number of nitrogens with zero attached hydrogens (tertiary/aromatic N) is 1. The van der Waals surface area contributed by atoms with Crippen LogP contribution in [0.4, 0.5) is 0 Å². The smallest absolute Gasteiger partial charge is 0.0208 e. The van der Waals surface area contributed by atoms with Crippen LogP contribution in [-0.4, -0.2) is 30.6 Å². The number of piperidine rings is 1. The Morgan fingerprint density at radius 1 is 1.17 bits per heavy atom. The summed E-state index contributed by atoms with van der Waals surface area (Å²) in [6.07, 6.45) is 2.58. The van der Waals surface area contributed by atoms with Crippen LogP contribution >= 0.6 is 0 Å². The molecule has 1 aromatic carbocycles. The van der Waals surface area contributed by atoms with Crippen LogP contribution < -0.4 is 5.32 Å². The average molecular weight is 246 g/mol. The van der Waals surface area contributed by atoms with Crippen LogP contribution in [-0.2, 0) is 6.54 Å². The molecular weight excluding hydrogens is 220 g/mol. The Labute approximate surface area is 111 Å². The van der Waals surface area contributed by atoms with Gasteiger partial charge in [0.25, 0.3) is 0 Å². The van der Waals surface area contributed by atoms with E-state index in [4.69, 9.17) is 0 Å². The first-order chi connectivity index (χ1) is 8.69. The molecule has 2 rings (SSSR count).